The van der Waals surface area contributed by atoms with E-state index in [0.717, 1.165) is 11.3 Å². The van der Waals surface area contributed by atoms with E-state index in [1.54, 1.807) is 38.1 Å². The monoisotopic (exact) mass is 330 g/mol. The van der Waals surface area contributed by atoms with E-state index in [0.29, 0.717) is 0 Å². The second-order valence-electron chi connectivity index (χ2n) is 4.80. The van der Waals surface area contributed by atoms with E-state index in [-0.39, 0.29) is 30.7 Å². The van der Waals surface area contributed by atoms with E-state index in [1.807, 2.05) is 30.3 Å². The van der Waals surface area contributed by atoms with Crippen molar-refractivity contribution in [2.24, 2.45) is 12.8 Å². The largest absolute Gasteiger partial charge is 0.314 e. The topological polar surface area (TPSA) is 64.2 Å². The smallest absolute Gasteiger partial charge is 0.251 e. The first-order valence-corrected chi connectivity index (χ1v) is 6.04. The van der Waals surface area contributed by atoms with Crippen LogP contribution in [-0.4, -0.2) is 22.7 Å². The van der Waals surface area contributed by atoms with Crippen molar-refractivity contribution in [2.45, 2.75) is 12.5 Å². The summed E-state index contributed by atoms with van der Waals surface area (Å²) in [7, 11) is 3.51. The van der Waals surface area contributed by atoms with Crippen molar-refractivity contribution >= 4 is 36.4 Å². The van der Waals surface area contributed by atoms with E-state index in [4.69, 9.17) is 5.73 Å². The van der Waals surface area contributed by atoms with Crippen molar-refractivity contribution in [1.29, 1.82) is 0 Å². The quantitative estimate of drug-likeness (QED) is 0.937. The number of nitrogens with two attached hydrogens (primary N) is 1. The van der Waals surface area contributed by atoms with E-state index in [1.165, 1.54) is 4.90 Å². The number of benzene rings is 1. The van der Waals surface area contributed by atoms with Crippen molar-refractivity contribution in [1.82, 2.24) is 9.78 Å². The van der Waals surface area contributed by atoms with Crippen LogP contribution >= 0.6 is 24.8 Å². The van der Waals surface area contributed by atoms with Gasteiger partial charge in [0.15, 0.2) is 0 Å². The van der Waals surface area contributed by atoms with Crippen LogP contribution in [0.25, 0.3) is 0 Å². The third kappa shape index (κ3) is 3.97. The van der Waals surface area contributed by atoms with Gasteiger partial charge >= 0.3 is 0 Å². The normalized spacial score (nSPS) is 12.6. The van der Waals surface area contributed by atoms with Gasteiger partial charge in [0.2, 0.25) is 0 Å². The second kappa shape index (κ2) is 7.45. The molecule has 0 aliphatic rings. The van der Waals surface area contributed by atoms with Gasteiger partial charge < -0.3 is 10.6 Å². The first-order chi connectivity index (χ1) is 8.93. The van der Waals surface area contributed by atoms with Crippen molar-refractivity contribution in [3.05, 3.63) is 48.3 Å². The molecule has 1 heterocycles. The molecule has 7 heteroatoms. The Hall–Kier alpha value is -1.56. The Morgan fingerprint density at radius 3 is 2.33 bits per heavy atom. The third-order valence-electron chi connectivity index (χ3n) is 3.20. The average Bonchev–Trinajstić information content (AvgIpc) is 2.84. The average molecular weight is 331 g/mol. The number of aryl methyl sites for hydroxylation is 1. The zero-order valence-corrected chi connectivity index (χ0v) is 13.8. The number of likely N-dealkylation sites (N-methyl/N-ethyl adjacent to an activating group) is 1. The van der Waals surface area contributed by atoms with E-state index in [2.05, 4.69) is 5.10 Å². The molecule has 1 aromatic heterocycles. The summed E-state index contributed by atoms with van der Waals surface area (Å²) >= 11 is 0. The zero-order chi connectivity index (χ0) is 14.0. The molecule has 116 valence electrons. The molecule has 0 spiro atoms. The van der Waals surface area contributed by atoms with Gasteiger partial charge in [0.25, 0.3) is 5.91 Å². The van der Waals surface area contributed by atoms with E-state index < -0.39 is 5.54 Å². The Morgan fingerprint density at radius 2 is 1.86 bits per heavy atom. The number of carbonyl (C=O) groups excluding carboxylic acids is 1. The summed E-state index contributed by atoms with van der Waals surface area (Å²) in [6, 6.07) is 9.36. The number of hydrogen-bond donors (Lipinski definition) is 1. The second-order valence-corrected chi connectivity index (χ2v) is 4.80. The van der Waals surface area contributed by atoms with Crippen molar-refractivity contribution in [3.63, 3.8) is 0 Å². The van der Waals surface area contributed by atoms with Crippen LogP contribution in [0.2, 0.25) is 0 Å². The summed E-state index contributed by atoms with van der Waals surface area (Å²) in [4.78, 5) is 14.1. The lowest BCUT2D eigenvalue weighted by Gasteiger charge is -2.28. The molecule has 21 heavy (non-hydrogen) atoms. The zero-order valence-electron chi connectivity index (χ0n) is 12.2. The van der Waals surface area contributed by atoms with E-state index >= 15 is 0 Å². The molecule has 0 aliphatic heterocycles. The van der Waals surface area contributed by atoms with Crippen LogP contribution in [0.1, 0.15) is 12.5 Å². The molecule has 1 aromatic carbocycles. The molecule has 0 radical (unpaired) electrons. The van der Waals surface area contributed by atoms with Gasteiger partial charge in [-0.15, -0.1) is 24.8 Å². The van der Waals surface area contributed by atoms with Crippen LogP contribution < -0.4 is 10.6 Å². The molecule has 0 bridgehead atoms. The molecule has 2 N–H and O–H groups in total. The minimum atomic E-state index is -1.06. The first-order valence-electron chi connectivity index (χ1n) is 6.04. The number of halogens is 2. The maximum absolute atomic E-state index is 12.5. The van der Waals surface area contributed by atoms with Gasteiger partial charge in [-0.05, 0) is 12.5 Å². The summed E-state index contributed by atoms with van der Waals surface area (Å²) in [5, 5.41) is 4.06. The minimum absolute atomic E-state index is 0. The molecule has 1 unspecified atom stereocenters. The van der Waals surface area contributed by atoms with Crippen molar-refractivity contribution < 1.29 is 4.79 Å². The lowest BCUT2D eigenvalue weighted by Crippen LogP contribution is -2.49. The fourth-order valence-electron chi connectivity index (χ4n) is 1.96. The number of rotatable bonds is 3. The Balaban J connectivity index is 0.00000200. The lowest BCUT2D eigenvalue weighted by molar-refractivity contribution is -0.123. The van der Waals surface area contributed by atoms with Crippen molar-refractivity contribution in [3.8, 4) is 0 Å². The molecule has 0 saturated carbocycles. The third-order valence-corrected chi connectivity index (χ3v) is 3.20. The number of aromatic nitrogens is 2. The van der Waals surface area contributed by atoms with Crippen LogP contribution in [0.15, 0.2) is 42.7 Å². The number of amides is 1. The Morgan fingerprint density at radius 1 is 1.29 bits per heavy atom. The number of anilines is 1. The summed E-state index contributed by atoms with van der Waals surface area (Å²) < 4.78 is 1.65. The van der Waals surface area contributed by atoms with Crippen LogP contribution in [0, 0.1) is 0 Å². The molecule has 2 aromatic rings. The van der Waals surface area contributed by atoms with Gasteiger partial charge in [0.1, 0.15) is 5.54 Å². The van der Waals surface area contributed by atoms with Crippen LogP contribution in [0.3, 0.4) is 0 Å². The standard InChI is InChI=1S/C14H18N4O.2ClH/c1-14(15,11-7-5-4-6-8-11)13(19)18(3)12-9-16-17(2)10-12;;/h4-10H,15H2,1-3H3;2*1H. The van der Waals surface area contributed by atoms with Gasteiger partial charge in [-0.1, -0.05) is 30.3 Å². The van der Waals surface area contributed by atoms with Gasteiger partial charge in [-0.25, -0.2) is 0 Å². The van der Waals surface area contributed by atoms with Crippen LogP contribution in [-0.2, 0) is 17.4 Å². The Labute approximate surface area is 136 Å². The fraction of sp³-hybridized carbons (Fsp3) is 0.286. The molecule has 0 saturated heterocycles. The van der Waals surface area contributed by atoms with Gasteiger partial charge in [0.05, 0.1) is 11.9 Å². The fourth-order valence-corrected chi connectivity index (χ4v) is 1.96. The van der Waals surface area contributed by atoms with Crippen LogP contribution in [0.4, 0.5) is 5.69 Å². The summed E-state index contributed by atoms with van der Waals surface area (Å²) in [6.07, 6.45) is 3.41. The number of nitrogens with zero attached hydrogens (tertiary/aromatic N) is 3. The highest BCUT2D eigenvalue weighted by molar-refractivity contribution is 5.99. The Kier molecular flexibility index (Phi) is 6.90. The highest BCUT2D eigenvalue weighted by Gasteiger charge is 2.33. The predicted octanol–water partition coefficient (Wildman–Crippen LogP) is 2.10. The molecule has 0 fully saturated rings. The van der Waals surface area contributed by atoms with Gasteiger partial charge in [0, 0.05) is 20.3 Å². The SMILES string of the molecule is CN(C(=O)C(C)(N)c1ccccc1)c1cnn(C)c1.Cl.Cl. The molecule has 5 nitrogen and oxygen atoms in total. The van der Waals surface area contributed by atoms with Crippen molar-refractivity contribution in [2.75, 3.05) is 11.9 Å². The maximum atomic E-state index is 12.5. The van der Waals surface area contributed by atoms with Gasteiger partial charge in [-0.3, -0.25) is 9.48 Å². The van der Waals surface area contributed by atoms with E-state index in [9.17, 15) is 4.79 Å². The molecule has 0 aliphatic carbocycles. The molecule has 1 amide bonds. The minimum Gasteiger partial charge on any atom is -0.314 e. The summed E-state index contributed by atoms with van der Waals surface area (Å²) in [5.41, 5.74) is 6.65. The lowest BCUT2D eigenvalue weighted by atomic mass is 9.91. The molecular weight excluding hydrogens is 311 g/mol. The Bertz CT molecular complexity index is 584. The highest BCUT2D eigenvalue weighted by Crippen LogP contribution is 2.22. The summed E-state index contributed by atoms with van der Waals surface area (Å²) in [5.74, 6) is -0.174. The molecular formula is C14H20Cl2N4O. The predicted molar refractivity (Wildman–Crippen MR) is 89.1 cm³/mol. The molecule has 1 atom stereocenters. The number of carbonyl (C=O) groups is 1. The maximum Gasteiger partial charge on any atom is 0.251 e. The van der Waals surface area contributed by atoms with Gasteiger partial charge in [-0.2, -0.15) is 5.10 Å². The van der Waals surface area contributed by atoms with Crippen LogP contribution in [0.5, 0.6) is 0 Å². The highest BCUT2D eigenvalue weighted by atomic mass is 35.5. The molecule has 2 rings (SSSR count). The summed E-state index contributed by atoms with van der Waals surface area (Å²) in [6.45, 7) is 1.72. The number of hydrogen-bond acceptors (Lipinski definition) is 3. The first kappa shape index (κ1) is 19.4.